The highest BCUT2D eigenvalue weighted by atomic mass is 19.1. The number of nitrogens with one attached hydrogen (secondary N) is 1. The standard InChI is InChI=1S/C27H37FN4O2/c1-20(2)34-26-9-4-3-8-25(26)32-16-14-31(15-17-32)24-12-10-23(11-13-24)30-27(33)29-19-21-6-5-7-22(28)18-21/h3-9,18,20,23-24H,10-17,19H2,1-2H3,(H2,29,30,33)/p-1. The van der Waals surface area contributed by atoms with Crippen molar-refractivity contribution in [2.24, 2.45) is 4.99 Å². The molecule has 0 radical (unpaired) electrons. The molecule has 1 aliphatic heterocycles. The number of hydrogen-bond donors (Lipinski definition) is 1. The Morgan fingerprint density at radius 1 is 1.06 bits per heavy atom. The molecule has 0 unspecified atom stereocenters. The normalized spacial score (nSPS) is 22.1. The number of ether oxygens (including phenoxy) is 1. The average Bonchev–Trinajstić information content (AvgIpc) is 2.84. The van der Waals surface area contributed by atoms with Gasteiger partial charge in [-0.15, -0.1) is 0 Å². The molecule has 2 aromatic rings. The number of anilines is 1. The highest BCUT2D eigenvalue weighted by Crippen LogP contribution is 2.31. The summed E-state index contributed by atoms with van der Waals surface area (Å²) < 4.78 is 19.3. The minimum atomic E-state index is -0.305. The topological polar surface area (TPSA) is 63.2 Å². The highest BCUT2D eigenvalue weighted by molar-refractivity contribution is 5.69. The van der Waals surface area contributed by atoms with Crippen molar-refractivity contribution in [2.45, 2.75) is 64.3 Å². The van der Waals surface area contributed by atoms with Gasteiger partial charge in [-0.1, -0.05) is 24.3 Å². The number of amidine groups is 1. The van der Waals surface area contributed by atoms with E-state index in [9.17, 15) is 9.50 Å². The van der Waals surface area contributed by atoms with Crippen LogP contribution in [0.4, 0.5) is 10.1 Å². The second kappa shape index (κ2) is 11.6. The molecule has 1 heterocycles. The molecule has 6 nitrogen and oxygen atoms in total. The van der Waals surface area contributed by atoms with Crippen LogP contribution in [0.5, 0.6) is 5.75 Å². The van der Waals surface area contributed by atoms with Crippen LogP contribution in [0, 0.1) is 5.82 Å². The zero-order valence-electron chi connectivity index (χ0n) is 20.3. The number of para-hydroxylation sites is 2. The Morgan fingerprint density at radius 3 is 2.50 bits per heavy atom. The number of piperazine rings is 1. The number of hydrogen-bond acceptors (Lipinski definition) is 5. The lowest BCUT2D eigenvalue weighted by atomic mass is 9.90. The van der Waals surface area contributed by atoms with Crippen LogP contribution in [-0.4, -0.2) is 55.3 Å². The van der Waals surface area contributed by atoms with Crippen LogP contribution in [0.15, 0.2) is 53.5 Å². The minimum Gasteiger partial charge on any atom is -0.846 e. The zero-order valence-corrected chi connectivity index (χ0v) is 20.3. The number of benzene rings is 2. The minimum absolute atomic E-state index is 0.159. The molecule has 34 heavy (non-hydrogen) atoms. The maximum Gasteiger partial charge on any atom is 0.142 e. The van der Waals surface area contributed by atoms with Gasteiger partial charge >= 0.3 is 0 Å². The molecule has 2 aliphatic rings. The smallest absolute Gasteiger partial charge is 0.142 e. The molecule has 2 aromatic carbocycles. The summed E-state index contributed by atoms with van der Waals surface area (Å²) >= 11 is 0. The molecule has 0 spiro atoms. The predicted octanol–water partition coefficient (Wildman–Crippen LogP) is 3.55. The Morgan fingerprint density at radius 2 is 1.79 bits per heavy atom. The molecular weight excluding hydrogens is 431 g/mol. The van der Waals surface area contributed by atoms with E-state index in [-0.39, 0.29) is 30.5 Å². The van der Waals surface area contributed by atoms with Gasteiger partial charge in [0.1, 0.15) is 11.6 Å². The van der Waals surface area contributed by atoms with Gasteiger partial charge < -0.3 is 20.1 Å². The van der Waals surface area contributed by atoms with E-state index in [2.05, 4.69) is 52.2 Å². The van der Waals surface area contributed by atoms with Gasteiger partial charge in [-0.05, 0) is 69.4 Å². The summed E-state index contributed by atoms with van der Waals surface area (Å²) in [6.07, 6.45) is 4.27. The molecule has 1 saturated carbocycles. The van der Waals surface area contributed by atoms with E-state index >= 15 is 0 Å². The first-order chi connectivity index (χ1) is 16.5. The summed E-state index contributed by atoms with van der Waals surface area (Å²) in [5, 5.41) is 15.3. The van der Waals surface area contributed by atoms with E-state index in [4.69, 9.17) is 4.74 Å². The van der Waals surface area contributed by atoms with Gasteiger partial charge in [0.25, 0.3) is 0 Å². The Labute approximate surface area is 202 Å². The first-order valence-electron chi connectivity index (χ1n) is 12.4. The molecule has 0 bridgehead atoms. The summed E-state index contributed by atoms with van der Waals surface area (Å²) in [5.41, 5.74) is 1.89. The van der Waals surface area contributed by atoms with Crippen molar-refractivity contribution in [2.75, 3.05) is 31.1 Å². The lowest BCUT2D eigenvalue weighted by molar-refractivity contribution is -0.223. The van der Waals surface area contributed by atoms with Crippen molar-refractivity contribution < 1.29 is 14.2 Å². The second-order valence-electron chi connectivity index (χ2n) is 9.56. The fourth-order valence-corrected chi connectivity index (χ4v) is 5.00. The molecule has 0 amide bonds. The third kappa shape index (κ3) is 6.63. The Kier molecular flexibility index (Phi) is 8.27. The van der Waals surface area contributed by atoms with Gasteiger partial charge in [0.05, 0.1) is 18.3 Å². The molecule has 0 atom stereocenters. The summed E-state index contributed by atoms with van der Waals surface area (Å²) in [6, 6.07) is 15.0. The molecule has 1 aliphatic carbocycles. The Balaban J connectivity index is 1.21. The third-order valence-corrected chi connectivity index (χ3v) is 6.72. The van der Waals surface area contributed by atoms with Crippen LogP contribution in [-0.2, 0) is 6.54 Å². The quantitative estimate of drug-likeness (QED) is 0.498. The monoisotopic (exact) mass is 467 g/mol. The highest BCUT2D eigenvalue weighted by Gasteiger charge is 2.29. The van der Waals surface area contributed by atoms with Crippen molar-refractivity contribution in [1.82, 2.24) is 10.2 Å². The van der Waals surface area contributed by atoms with E-state index in [0.29, 0.717) is 11.6 Å². The molecule has 4 rings (SSSR count). The molecule has 7 heteroatoms. The van der Waals surface area contributed by atoms with Crippen LogP contribution >= 0.6 is 0 Å². The van der Waals surface area contributed by atoms with Crippen molar-refractivity contribution in [3.8, 4) is 5.75 Å². The summed E-state index contributed by atoms with van der Waals surface area (Å²) in [5.74, 6) is 0.658. The predicted molar refractivity (Wildman–Crippen MR) is 133 cm³/mol. The lowest BCUT2D eigenvalue weighted by Crippen LogP contribution is -2.53. The number of nitrogens with zero attached hydrogens (tertiary/aromatic N) is 3. The summed E-state index contributed by atoms with van der Waals surface area (Å²) in [6.45, 7) is 8.40. The maximum absolute atomic E-state index is 13.3. The van der Waals surface area contributed by atoms with Crippen molar-refractivity contribution >= 4 is 11.7 Å². The van der Waals surface area contributed by atoms with Crippen molar-refractivity contribution in [1.29, 1.82) is 0 Å². The van der Waals surface area contributed by atoms with Gasteiger partial charge in [-0.3, -0.25) is 9.89 Å². The van der Waals surface area contributed by atoms with Crippen LogP contribution in [0.2, 0.25) is 0 Å². The molecular formula is C27H36FN4O2-. The van der Waals surface area contributed by atoms with Gasteiger partial charge in [0.15, 0.2) is 0 Å². The first kappa shape index (κ1) is 24.3. The zero-order chi connectivity index (χ0) is 23.9. The average molecular weight is 468 g/mol. The summed E-state index contributed by atoms with van der Waals surface area (Å²) in [4.78, 5) is 9.09. The molecule has 1 N–H and O–H groups in total. The van der Waals surface area contributed by atoms with Crippen LogP contribution < -0.4 is 20.1 Å². The van der Waals surface area contributed by atoms with Crippen LogP contribution in [0.3, 0.4) is 0 Å². The van der Waals surface area contributed by atoms with Crippen LogP contribution in [0.1, 0.15) is 45.1 Å². The maximum atomic E-state index is 13.3. The van der Waals surface area contributed by atoms with E-state index in [1.54, 1.807) is 12.1 Å². The second-order valence-corrected chi connectivity index (χ2v) is 9.56. The SMILES string of the molecule is CC(C)Oc1ccccc1N1CCN(C2CCC(NC([O-])=NCc3cccc(F)c3)CC2)CC1. The van der Waals surface area contributed by atoms with Gasteiger partial charge in [0, 0.05) is 44.3 Å². The number of rotatable bonds is 7. The van der Waals surface area contributed by atoms with E-state index in [1.807, 2.05) is 6.07 Å². The Bertz CT molecular complexity index is 951. The van der Waals surface area contributed by atoms with Gasteiger partial charge in [0.2, 0.25) is 0 Å². The van der Waals surface area contributed by atoms with E-state index in [1.165, 1.54) is 17.8 Å². The fraction of sp³-hybridized carbons (Fsp3) is 0.519. The Hall–Kier alpha value is -2.80. The number of halogens is 1. The first-order valence-corrected chi connectivity index (χ1v) is 12.4. The van der Waals surface area contributed by atoms with Gasteiger partial charge in [-0.2, -0.15) is 0 Å². The van der Waals surface area contributed by atoms with Gasteiger partial charge in [-0.25, -0.2) is 4.39 Å². The third-order valence-electron chi connectivity index (χ3n) is 6.72. The molecule has 1 saturated heterocycles. The summed E-state index contributed by atoms with van der Waals surface area (Å²) in [7, 11) is 0. The van der Waals surface area contributed by atoms with E-state index in [0.717, 1.165) is 57.6 Å². The molecule has 184 valence electrons. The largest absolute Gasteiger partial charge is 0.846 e. The van der Waals surface area contributed by atoms with Crippen molar-refractivity contribution in [3.63, 3.8) is 0 Å². The molecule has 2 fully saturated rings. The van der Waals surface area contributed by atoms with Crippen molar-refractivity contribution in [3.05, 3.63) is 59.9 Å². The molecule has 0 aromatic heterocycles. The van der Waals surface area contributed by atoms with Crippen LogP contribution in [0.25, 0.3) is 0 Å². The number of aliphatic imine (C=N–C) groups is 1. The lowest BCUT2D eigenvalue weighted by Gasteiger charge is -2.43. The fourth-order valence-electron chi connectivity index (χ4n) is 5.00. The van der Waals surface area contributed by atoms with E-state index < -0.39 is 0 Å².